The fourth-order valence-electron chi connectivity index (χ4n) is 2.55. The number of hydrogen-bond acceptors (Lipinski definition) is 6. The summed E-state index contributed by atoms with van der Waals surface area (Å²) in [6, 6.07) is 5.27. The Labute approximate surface area is 134 Å². The maximum atomic E-state index is 12.1. The van der Waals surface area contributed by atoms with Gasteiger partial charge >= 0.3 is 5.97 Å². The Kier molecular flexibility index (Phi) is 5.34. The summed E-state index contributed by atoms with van der Waals surface area (Å²) in [5, 5.41) is 7.66. The number of nitrogens with zero attached hydrogens (tertiary/aromatic N) is 1. The number of esters is 1. The summed E-state index contributed by atoms with van der Waals surface area (Å²) in [7, 11) is -2.51. The Hall–Kier alpha value is -1.97. The number of nitrogens with two attached hydrogens (primary N) is 1. The van der Waals surface area contributed by atoms with Crippen LogP contribution >= 0.6 is 0 Å². The number of rotatable bonds is 5. The van der Waals surface area contributed by atoms with Crippen LogP contribution in [0.15, 0.2) is 29.2 Å². The van der Waals surface area contributed by atoms with E-state index in [1.54, 1.807) is 11.0 Å². The van der Waals surface area contributed by atoms with Gasteiger partial charge in [0, 0.05) is 5.69 Å². The van der Waals surface area contributed by atoms with Gasteiger partial charge in [-0.15, -0.1) is 0 Å². The van der Waals surface area contributed by atoms with E-state index in [1.807, 2.05) is 0 Å². The smallest absolute Gasteiger partial charge is 0.323 e. The molecule has 126 valence electrons. The number of benzene rings is 1. The zero-order valence-corrected chi connectivity index (χ0v) is 13.5. The number of primary sulfonamides is 1. The van der Waals surface area contributed by atoms with Gasteiger partial charge in [-0.2, -0.15) is 0 Å². The molecule has 1 aromatic carbocycles. The second-order valence-electron chi connectivity index (χ2n) is 5.27. The number of ether oxygens (including phenoxy) is 1. The van der Waals surface area contributed by atoms with Crippen molar-refractivity contribution in [2.24, 2.45) is 5.14 Å². The van der Waals surface area contributed by atoms with E-state index >= 15 is 0 Å². The highest BCUT2D eigenvalue weighted by Crippen LogP contribution is 2.19. The van der Waals surface area contributed by atoms with Crippen molar-refractivity contribution in [1.29, 1.82) is 0 Å². The molecule has 1 aromatic rings. The molecule has 9 heteroatoms. The molecule has 1 aliphatic rings. The highest BCUT2D eigenvalue weighted by molar-refractivity contribution is 7.89. The lowest BCUT2D eigenvalue weighted by Gasteiger charge is -2.21. The summed E-state index contributed by atoms with van der Waals surface area (Å²) >= 11 is 0. The number of carbonyl (C=O) groups is 2. The molecule has 23 heavy (non-hydrogen) atoms. The largest absolute Gasteiger partial charge is 0.468 e. The molecule has 0 unspecified atom stereocenters. The van der Waals surface area contributed by atoms with Crippen LogP contribution in [0.5, 0.6) is 0 Å². The van der Waals surface area contributed by atoms with Gasteiger partial charge in [0.1, 0.15) is 6.04 Å². The molecule has 8 nitrogen and oxygen atoms in total. The first-order valence-electron chi connectivity index (χ1n) is 7.06. The predicted molar refractivity (Wildman–Crippen MR) is 83.1 cm³/mol. The first kappa shape index (κ1) is 17.4. The van der Waals surface area contributed by atoms with E-state index < -0.39 is 16.1 Å². The van der Waals surface area contributed by atoms with Gasteiger partial charge in [0.25, 0.3) is 0 Å². The van der Waals surface area contributed by atoms with Crippen LogP contribution in [-0.2, 0) is 24.3 Å². The summed E-state index contributed by atoms with van der Waals surface area (Å²) in [5.74, 6) is -0.695. The van der Waals surface area contributed by atoms with E-state index in [2.05, 4.69) is 5.32 Å². The van der Waals surface area contributed by atoms with Crippen LogP contribution in [0.25, 0.3) is 0 Å². The van der Waals surface area contributed by atoms with Crippen molar-refractivity contribution in [2.45, 2.75) is 23.8 Å². The molecule has 0 bridgehead atoms. The van der Waals surface area contributed by atoms with Crippen molar-refractivity contribution in [3.8, 4) is 0 Å². The standard InChI is InChI=1S/C14H19N3O5S/c1-22-14(19)12-6-3-7-17(12)9-13(18)16-10-4-2-5-11(8-10)23(15,20)21/h2,4-5,8,12H,3,6-7,9H2,1H3,(H,16,18)(H2,15,20,21)/t12-/m0/s1. The van der Waals surface area contributed by atoms with Crippen LogP contribution in [0, 0.1) is 0 Å². The van der Waals surface area contributed by atoms with E-state index in [0.717, 1.165) is 6.42 Å². The minimum Gasteiger partial charge on any atom is -0.468 e. The normalized spacial score (nSPS) is 18.6. The third kappa shape index (κ3) is 4.50. The summed E-state index contributed by atoms with van der Waals surface area (Å²) in [4.78, 5) is 25.4. The summed E-state index contributed by atoms with van der Waals surface area (Å²) < 4.78 is 27.3. The fourth-order valence-corrected chi connectivity index (χ4v) is 3.11. The number of likely N-dealkylation sites (tertiary alicyclic amines) is 1. The average molecular weight is 341 g/mol. The number of carbonyl (C=O) groups excluding carboxylic acids is 2. The molecule has 3 N–H and O–H groups in total. The van der Waals surface area contributed by atoms with Gasteiger partial charge in [0.05, 0.1) is 18.6 Å². The maximum absolute atomic E-state index is 12.1. The number of amides is 1. The molecule has 1 heterocycles. The van der Waals surface area contributed by atoms with Gasteiger partial charge in [-0.3, -0.25) is 14.5 Å². The van der Waals surface area contributed by atoms with E-state index in [-0.39, 0.29) is 23.3 Å². The van der Waals surface area contributed by atoms with Crippen LogP contribution in [-0.4, -0.2) is 51.4 Å². The molecular weight excluding hydrogens is 322 g/mol. The maximum Gasteiger partial charge on any atom is 0.323 e. The number of methoxy groups -OCH3 is 1. The molecule has 0 radical (unpaired) electrons. The van der Waals surface area contributed by atoms with Gasteiger partial charge in [-0.25, -0.2) is 13.6 Å². The number of sulfonamides is 1. The predicted octanol–water partition coefficient (Wildman–Crippen LogP) is -0.0901. The highest BCUT2D eigenvalue weighted by atomic mass is 32.2. The first-order valence-corrected chi connectivity index (χ1v) is 8.60. The molecule has 1 amide bonds. The van der Waals surface area contributed by atoms with Crippen LogP contribution in [0.3, 0.4) is 0 Å². The van der Waals surface area contributed by atoms with Crippen molar-refractivity contribution in [3.63, 3.8) is 0 Å². The zero-order valence-electron chi connectivity index (χ0n) is 12.7. The molecule has 1 aliphatic heterocycles. The van der Waals surface area contributed by atoms with Crippen molar-refractivity contribution < 1.29 is 22.7 Å². The van der Waals surface area contributed by atoms with Crippen LogP contribution < -0.4 is 10.5 Å². The van der Waals surface area contributed by atoms with Crippen LogP contribution in [0.1, 0.15) is 12.8 Å². The third-order valence-corrected chi connectivity index (χ3v) is 4.54. The van der Waals surface area contributed by atoms with Gasteiger partial charge in [-0.1, -0.05) is 6.07 Å². The van der Waals surface area contributed by atoms with Gasteiger partial charge in [-0.05, 0) is 37.6 Å². The highest BCUT2D eigenvalue weighted by Gasteiger charge is 2.32. The Bertz CT molecular complexity index is 704. The number of anilines is 1. The fraction of sp³-hybridized carbons (Fsp3) is 0.429. The first-order chi connectivity index (χ1) is 10.8. The molecule has 1 atom stereocenters. The average Bonchev–Trinajstić information content (AvgIpc) is 2.93. The second-order valence-corrected chi connectivity index (χ2v) is 6.83. The molecule has 0 saturated carbocycles. The quantitative estimate of drug-likeness (QED) is 0.723. The zero-order chi connectivity index (χ0) is 17.0. The summed E-state index contributed by atoms with van der Waals surface area (Å²) in [6.45, 7) is 0.657. The van der Waals surface area contributed by atoms with Gasteiger partial charge in [0.15, 0.2) is 0 Å². The molecule has 0 aliphatic carbocycles. The minimum atomic E-state index is -3.83. The van der Waals surface area contributed by atoms with E-state index in [4.69, 9.17) is 9.88 Å². The second kappa shape index (κ2) is 7.07. The lowest BCUT2D eigenvalue weighted by Crippen LogP contribution is -2.41. The van der Waals surface area contributed by atoms with Crippen molar-refractivity contribution in [2.75, 3.05) is 25.5 Å². The lowest BCUT2D eigenvalue weighted by atomic mass is 10.2. The number of hydrogen-bond donors (Lipinski definition) is 2. The van der Waals surface area contributed by atoms with Crippen molar-refractivity contribution in [3.05, 3.63) is 24.3 Å². The Morgan fingerprint density at radius 2 is 2.17 bits per heavy atom. The number of nitrogens with one attached hydrogen (secondary N) is 1. The molecule has 2 rings (SSSR count). The van der Waals surface area contributed by atoms with Gasteiger partial charge in [0.2, 0.25) is 15.9 Å². The molecule has 0 aromatic heterocycles. The summed E-state index contributed by atoms with van der Waals surface area (Å²) in [6.07, 6.45) is 1.47. The third-order valence-electron chi connectivity index (χ3n) is 3.63. The van der Waals surface area contributed by atoms with E-state index in [1.165, 1.54) is 25.3 Å². The van der Waals surface area contributed by atoms with Crippen molar-refractivity contribution in [1.82, 2.24) is 4.90 Å². The SMILES string of the molecule is COC(=O)[C@@H]1CCCN1CC(=O)Nc1cccc(S(N)(=O)=O)c1. The van der Waals surface area contributed by atoms with E-state index in [9.17, 15) is 18.0 Å². The molecule has 1 saturated heterocycles. The van der Waals surface area contributed by atoms with E-state index in [0.29, 0.717) is 18.7 Å². The Morgan fingerprint density at radius 3 is 2.83 bits per heavy atom. The Balaban J connectivity index is 2.01. The monoisotopic (exact) mass is 341 g/mol. The topological polar surface area (TPSA) is 119 Å². The summed E-state index contributed by atoms with van der Waals surface area (Å²) in [5.41, 5.74) is 0.329. The minimum absolute atomic E-state index is 0.0272. The lowest BCUT2D eigenvalue weighted by molar-refractivity contribution is -0.146. The molecular formula is C14H19N3O5S. The van der Waals surface area contributed by atoms with Crippen molar-refractivity contribution >= 4 is 27.6 Å². The van der Waals surface area contributed by atoms with Crippen LogP contribution in [0.4, 0.5) is 5.69 Å². The Morgan fingerprint density at radius 1 is 1.43 bits per heavy atom. The molecule has 1 fully saturated rings. The van der Waals surface area contributed by atoms with Gasteiger partial charge < -0.3 is 10.1 Å². The molecule has 0 spiro atoms. The van der Waals surface area contributed by atoms with Crippen LogP contribution in [0.2, 0.25) is 0 Å².